The van der Waals surface area contributed by atoms with Gasteiger partial charge in [-0.15, -0.1) is 0 Å². The second-order valence-electron chi connectivity index (χ2n) is 5.76. The summed E-state index contributed by atoms with van der Waals surface area (Å²) in [5.41, 5.74) is 0.808. The molecule has 0 radical (unpaired) electrons. The fourth-order valence-electron chi connectivity index (χ4n) is 2.86. The van der Waals surface area contributed by atoms with Crippen molar-refractivity contribution >= 4 is 11.0 Å². The van der Waals surface area contributed by atoms with E-state index in [1.807, 2.05) is 49.1 Å². The van der Waals surface area contributed by atoms with Gasteiger partial charge in [0.15, 0.2) is 11.3 Å². The van der Waals surface area contributed by atoms with Crippen molar-refractivity contribution in [3.63, 3.8) is 0 Å². The van der Waals surface area contributed by atoms with E-state index in [2.05, 4.69) is 30.2 Å². The molecule has 2 atom stereocenters. The molecule has 0 aliphatic carbocycles. The van der Waals surface area contributed by atoms with Gasteiger partial charge >= 0.3 is 0 Å². The smallest absolute Gasteiger partial charge is 0.176 e. The largest absolute Gasteiger partial charge is 0.490 e. The minimum Gasteiger partial charge on any atom is -0.490 e. The van der Waals surface area contributed by atoms with Crippen LogP contribution in [0.4, 0.5) is 0 Å². The van der Waals surface area contributed by atoms with Crippen molar-refractivity contribution in [1.29, 1.82) is 0 Å². The van der Waals surface area contributed by atoms with Crippen LogP contribution in [0.15, 0.2) is 41.1 Å². The average molecular weight is 313 g/mol. The molecular weight excluding hydrogens is 290 g/mol. The Morgan fingerprint density at radius 1 is 1.30 bits per heavy atom. The van der Waals surface area contributed by atoms with Crippen LogP contribution in [0.25, 0.3) is 11.0 Å². The molecule has 0 aliphatic heterocycles. The molecule has 0 amide bonds. The minimum atomic E-state index is 0.0728. The lowest BCUT2D eigenvalue weighted by Gasteiger charge is -2.18. The van der Waals surface area contributed by atoms with Gasteiger partial charge in [-0.3, -0.25) is 5.32 Å². The average Bonchev–Trinajstić information content (AvgIpc) is 3.14. The molecule has 1 aromatic carbocycles. The summed E-state index contributed by atoms with van der Waals surface area (Å²) in [6.45, 7) is 6.80. The first-order valence-corrected chi connectivity index (χ1v) is 7.98. The van der Waals surface area contributed by atoms with Crippen molar-refractivity contribution in [3.8, 4) is 5.75 Å². The van der Waals surface area contributed by atoms with Crippen molar-refractivity contribution in [2.24, 2.45) is 7.05 Å². The number of imidazole rings is 1. The van der Waals surface area contributed by atoms with Gasteiger partial charge in [-0.2, -0.15) is 0 Å². The summed E-state index contributed by atoms with van der Waals surface area (Å²) in [6.07, 6.45) is 3.77. The Hall–Kier alpha value is -2.27. The Bertz CT molecular complexity index is 791. The number of fused-ring (bicyclic) bond motifs is 1. The highest BCUT2D eigenvalue weighted by Crippen LogP contribution is 2.31. The normalized spacial score (nSPS) is 14.1. The van der Waals surface area contributed by atoms with Crippen LogP contribution >= 0.6 is 0 Å². The highest BCUT2D eigenvalue weighted by atomic mass is 16.5. The molecule has 5 heteroatoms. The molecule has 5 nitrogen and oxygen atoms in total. The molecule has 2 aromatic heterocycles. The molecule has 3 rings (SSSR count). The van der Waals surface area contributed by atoms with Crippen LogP contribution in [0.1, 0.15) is 44.4 Å². The number of rotatable bonds is 6. The highest BCUT2D eigenvalue weighted by molar-refractivity contribution is 5.83. The second kappa shape index (κ2) is 6.46. The number of aryl methyl sites for hydroxylation is 1. The van der Waals surface area contributed by atoms with Gasteiger partial charge in [-0.25, -0.2) is 4.98 Å². The van der Waals surface area contributed by atoms with Crippen LogP contribution in [0.2, 0.25) is 0 Å². The Morgan fingerprint density at radius 3 is 2.83 bits per heavy atom. The lowest BCUT2D eigenvalue weighted by molar-refractivity contribution is 0.335. The molecule has 2 heterocycles. The third kappa shape index (κ3) is 3.10. The first kappa shape index (κ1) is 15.6. The van der Waals surface area contributed by atoms with Crippen molar-refractivity contribution in [2.45, 2.75) is 32.9 Å². The number of hydrogen-bond acceptors (Lipinski definition) is 4. The van der Waals surface area contributed by atoms with E-state index in [1.54, 1.807) is 0 Å². The third-order valence-corrected chi connectivity index (χ3v) is 4.00. The van der Waals surface area contributed by atoms with E-state index in [1.165, 1.54) is 0 Å². The second-order valence-corrected chi connectivity index (χ2v) is 5.76. The summed E-state index contributed by atoms with van der Waals surface area (Å²) in [4.78, 5) is 4.39. The van der Waals surface area contributed by atoms with E-state index < -0.39 is 0 Å². The Morgan fingerprint density at radius 2 is 2.13 bits per heavy atom. The molecule has 0 fully saturated rings. The van der Waals surface area contributed by atoms with Crippen LogP contribution < -0.4 is 10.1 Å². The number of para-hydroxylation sites is 1. The van der Waals surface area contributed by atoms with Crippen LogP contribution in [-0.4, -0.2) is 16.2 Å². The number of ether oxygens (including phenoxy) is 1. The van der Waals surface area contributed by atoms with Crippen LogP contribution in [0.5, 0.6) is 5.75 Å². The van der Waals surface area contributed by atoms with Crippen molar-refractivity contribution < 1.29 is 9.15 Å². The van der Waals surface area contributed by atoms with E-state index in [0.717, 1.165) is 28.3 Å². The van der Waals surface area contributed by atoms with Crippen molar-refractivity contribution in [3.05, 3.63) is 48.2 Å². The zero-order valence-corrected chi connectivity index (χ0v) is 14.0. The maximum absolute atomic E-state index is 6.05. The summed E-state index contributed by atoms with van der Waals surface area (Å²) in [5.74, 6) is 2.69. The lowest BCUT2D eigenvalue weighted by Crippen LogP contribution is -2.24. The molecule has 0 saturated carbocycles. The van der Waals surface area contributed by atoms with Gasteiger partial charge in [-0.05, 0) is 32.9 Å². The van der Waals surface area contributed by atoms with E-state index >= 15 is 0 Å². The monoisotopic (exact) mass is 313 g/mol. The summed E-state index contributed by atoms with van der Waals surface area (Å²) in [5, 5.41) is 4.59. The molecular formula is C18H23N3O2. The van der Waals surface area contributed by atoms with Crippen LogP contribution in [0.3, 0.4) is 0 Å². The predicted octanol–water partition coefficient (Wildman–Crippen LogP) is 3.98. The van der Waals surface area contributed by atoms with Gasteiger partial charge in [0.2, 0.25) is 0 Å². The Labute approximate surface area is 136 Å². The summed E-state index contributed by atoms with van der Waals surface area (Å²) < 4.78 is 13.7. The zero-order chi connectivity index (χ0) is 16.4. The highest BCUT2D eigenvalue weighted by Gasteiger charge is 2.18. The number of nitrogens with zero attached hydrogens (tertiary/aromatic N) is 2. The third-order valence-electron chi connectivity index (χ3n) is 4.00. The molecule has 122 valence electrons. The number of hydrogen-bond donors (Lipinski definition) is 1. The minimum absolute atomic E-state index is 0.0728. The van der Waals surface area contributed by atoms with Crippen LogP contribution in [0, 0.1) is 0 Å². The fraction of sp³-hybridized carbons (Fsp3) is 0.389. The number of nitrogens with one attached hydrogen (secondary N) is 1. The first-order valence-electron chi connectivity index (χ1n) is 7.98. The lowest BCUT2D eigenvalue weighted by atomic mass is 10.2. The van der Waals surface area contributed by atoms with Crippen LogP contribution in [-0.2, 0) is 7.05 Å². The van der Waals surface area contributed by atoms with Gasteiger partial charge in [0.05, 0.1) is 18.7 Å². The molecule has 0 spiro atoms. The van der Waals surface area contributed by atoms with Gasteiger partial charge < -0.3 is 13.7 Å². The number of aromatic nitrogens is 2. The molecule has 0 saturated heterocycles. The molecule has 3 aromatic rings. The SMILES string of the molecule is CCOc1cccc2cc(C(C)NC(C)c3nccn3C)oc12. The van der Waals surface area contributed by atoms with Gasteiger partial charge in [0, 0.05) is 24.8 Å². The van der Waals surface area contributed by atoms with Crippen molar-refractivity contribution in [2.75, 3.05) is 6.61 Å². The quantitative estimate of drug-likeness (QED) is 0.748. The van der Waals surface area contributed by atoms with E-state index in [9.17, 15) is 0 Å². The molecule has 0 aliphatic rings. The molecule has 0 bridgehead atoms. The van der Waals surface area contributed by atoms with E-state index in [-0.39, 0.29) is 12.1 Å². The summed E-state index contributed by atoms with van der Waals surface area (Å²) in [6, 6.07) is 8.24. The Kier molecular flexibility index (Phi) is 4.39. The molecule has 2 unspecified atom stereocenters. The van der Waals surface area contributed by atoms with Gasteiger partial charge in [0.25, 0.3) is 0 Å². The van der Waals surface area contributed by atoms with Gasteiger partial charge in [0.1, 0.15) is 11.6 Å². The number of benzene rings is 1. The van der Waals surface area contributed by atoms with E-state index in [0.29, 0.717) is 6.61 Å². The topological polar surface area (TPSA) is 52.2 Å². The Balaban J connectivity index is 1.82. The predicted molar refractivity (Wildman–Crippen MR) is 90.6 cm³/mol. The maximum atomic E-state index is 6.05. The standard InChI is InChI=1S/C18H23N3O2/c1-5-22-15-8-6-7-14-11-16(23-17(14)15)12(2)20-13(3)18-19-9-10-21(18)4/h6-13,20H,5H2,1-4H3. The maximum Gasteiger partial charge on any atom is 0.176 e. The van der Waals surface area contributed by atoms with Crippen molar-refractivity contribution in [1.82, 2.24) is 14.9 Å². The van der Waals surface area contributed by atoms with Gasteiger partial charge in [-0.1, -0.05) is 12.1 Å². The molecule has 23 heavy (non-hydrogen) atoms. The number of furan rings is 1. The summed E-state index contributed by atoms with van der Waals surface area (Å²) in [7, 11) is 2.00. The van der Waals surface area contributed by atoms with E-state index in [4.69, 9.17) is 9.15 Å². The fourth-order valence-corrected chi connectivity index (χ4v) is 2.86. The molecule has 1 N–H and O–H groups in total. The zero-order valence-electron chi connectivity index (χ0n) is 14.0. The summed E-state index contributed by atoms with van der Waals surface area (Å²) >= 11 is 0. The first-order chi connectivity index (χ1) is 11.1.